The standard InChI is InChI=1S/C12H15N3O2/c1-14-5-6-15(12(14)16)8-9-3-4-11(17-2)10(13)7-9/h3-7H,8,13H2,1-2H3. The Bertz CT molecular complexity index is 584. The molecule has 0 aliphatic rings. The summed E-state index contributed by atoms with van der Waals surface area (Å²) in [5, 5.41) is 0. The lowest BCUT2D eigenvalue weighted by Gasteiger charge is -2.07. The summed E-state index contributed by atoms with van der Waals surface area (Å²) >= 11 is 0. The second-order valence-corrected chi connectivity index (χ2v) is 3.90. The van der Waals surface area contributed by atoms with Crippen molar-refractivity contribution in [1.29, 1.82) is 0 Å². The van der Waals surface area contributed by atoms with Crippen LogP contribution < -0.4 is 16.2 Å². The van der Waals surface area contributed by atoms with Gasteiger partial charge in [0.2, 0.25) is 0 Å². The maximum Gasteiger partial charge on any atom is 0.328 e. The molecule has 0 spiro atoms. The van der Waals surface area contributed by atoms with Gasteiger partial charge in [0.25, 0.3) is 0 Å². The van der Waals surface area contributed by atoms with Crippen molar-refractivity contribution in [1.82, 2.24) is 9.13 Å². The van der Waals surface area contributed by atoms with Crippen molar-refractivity contribution >= 4 is 5.69 Å². The van der Waals surface area contributed by atoms with Crippen LogP contribution in [0.4, 0.5) is 5.69 Å². The fourth-order valence-corrected chi connectivity index (χ4v) is 1.71. The largest absolute Gasteiger partial charge is 0.495 e. The summed E-state index contributed by atoms with van der Waals surface area (Å²) < 4.78 is 8.24. The van der Waals surface area contributed by atoms with E-state index in [2.05, 4.69) is 0 Å². The average molecular weight is 233 g/mol. The Morgan fingerprint density at radius 1 is 1.35 bits per heavy atom. The number of ether oxygens (including phenoxy) is 1. The molecule has 2 N–H and O–H groups in total. The lowest BCUT2D eigenvalue weighted by Crippen LogP contribution is -2.22. The highest BCUT2D eigenvalue weighted by atomic mass is 16.5. The zero-order valence-electron chi connectivity index (χ0n) is 9.88. The Balaban J connectivity index is 2.28. The van der Waals surface area contributed by atoms with Crippen LogP contribution >= 0.6 is 0 Å². The molecule has 0 fully saturated rings. The molecule has 1 aromatic carbocycles. The third-order valence-corrected chi connectivity index (χ3v) is 2.66. The fraction of sp³-hybridized carbons (Fsp3) is 0.250. The third kappa shape index (κ3) is 2.18. The van der Waals surface area contributed by atoms with E-state index in [-0.39, 0.29) is 5.69 Å². The van der Waals surface area contributed by atoms with E-state index < -0.39 is 0 Å². The number of rotatable bonds is 3. The van der Waals surface area contributed by atoms with E-state index in [9.17, 15) is 4.79 Å². The van der Waals surface area contributed by atoms with Crippen LogP contribution in [0.1, 0.15) is 5.56 Å². The van der Waals surface area contributed by atoms with E-state index in [1.807, 2.05) is 12.1 Å². The molecule has 2 rings (SSSR count). The monoisotopic (exact) mass is 233 g/mol. The molecule has 5 heteroatoms. The summed E-state index contributed by atoms with van der Waals surface area (Å²) in [6.45, 7) is 0.508. The molecular weight excluding hydrogens is 218 g/mol. The summed E-state index contributed by atoms with van der Waals surface area (Å²) in [7, 11) is 3.30. The Labute approximate surface area is 99.0 Å². The Morgan fingerprint density at radius 3 is 2.65 bits per heavy atom. The Hall–Kier alpha value is -2.17. The van der Waals surface area contributed by atoms with E-state index in [0.717, 1.165) is 5.56 Å². The molecule has 0 bridgehead atoms. The van der Waals surface area contributed by atoms with Crippen molar-refractivity contribution in [2.24, 2.45) is 7.05 Å². The maximum absolute atomic E-state index is 11.7. The molecule has 90 valence electrons. The molecule has 0 radical (unpaired) electrons. The van der Waals surface area contributed by atoms with Crippen molar-refractivity contribution in [3.05, 3.63) is 46.6 Å². The minimum atomic E-state index is -0.0422. The number of hydrogen-bond acceptors (Lipinski definition) is 3. The Kier molecular flexibility index (Phi) is 2.91. The van der Waals surface area contributed by atoms with Crippen LogP contribution in [0, 0.1) is 0 Å². The van der Waals surface area contributed by atoms with Gasteiger partial charge >= 0.3 is 5.69 Å². The molecule has 17 heavy (non-hydrogen) atoms. The summed E-state index contributed by atoms with van der Waals surface area (Å²) in [5.41, 5.74) is 7.32. The highest BCUT2D eigenvalue weighted by Gasteiger charge is 2.04. The first-order valence-corrected chi connectivity index (χ1v) is 5.26. The van der Waals surface area contributed by atoms with Gasteiger partial charge in [-0.15, -0.1) is 0 Å². The maximum atomic E-state index is 11.7. The molecule has 0 aliphatic carbocycles. The van der Waals surface area contributed by atoms with Gasteiger partial charge in [0.15, 0.2) is 0 Å². The van der Waals surface area contributed by atoms with Crippen molar-refractivity contribution in [3.63, 3.8) is 0 Å². The van der Waals surface area contributed by atoms with Gasteiger partial charge in [-0.05, 0) is 17.7 Å². The second kappa shape index (κ2) is 4.37. The van der Waals surface area contributed by atoms with Gasteiger partial charge in [-0.1, -0.05) is 6.07 Å². The smallest absolute Gasteiger partial charge is 0.328 e. The normalized spacial score (nSPS) is 10.5. The zero-order valence-corrected chi connectivity index (χ0v) is 9.88. The number of nitrogens with two attached hydrogens (primary N) is 1. The highest BCUT2D eigenvalue weighted by Crippen LogP contribution is 2.22. The number of anilines is 1. The van der Waals surface area contributed by atoms with Crippen LogP contribution in [0.3, 0.4) is 0 Å². The first-order chi connectivity index (χ1) is 8.11. The van der Waals surface area contributed by atoms with E-state index in [1.165, 1.54) is 4.57 Å². The molecule has 0 amide bonds. The number of nitrogens with zero attached hydrogens (tertiary/aromatic N) is 2. The zero-order chi connectivity index (χ0) is 12.4. The first kappa shape index (κ1) is 11.3. The van der Waals surface area contributed by atoms with Crippen LogP contribution in [0.15, 0.2) is 35.4 Å². The van der Waals surface area contributed by atoms with E-state index in [0.29, 0.717) is 18.0 Å². The van der Waals surface area contributed by atoms with Gasteiger partial charge < -0.3 is 15.0 Å². The predicted molar refractivity (Wildman–Crippen MR) is 66.2 cm³/mol. The van der Waals surface area contributed by atoms with Crippen molar-refractivity contribution < 1.29 is 4.74 Å². The van der Waals surface area contributed by atoms with Crippen molar-refractivity contribution in [2.75, 3.05) is 12.8 Å². The average Bonchev–Trinajstić information content (AvgIpc) is 2.61. The number of hydrogen-bond donors (Lipinski definition) is 1. The van der Waals surface area contributed by atoms with Gasteiger partial charge in [0, 0.05) is 19.4 Å². The number of benzene rings is 1. The molecule has 5 nitrogen and oxygen atoms in total. The lowest BCUT2D eigenvalue weighted by molar-refractivity contribution is 0.417. The van der Waals surface area contributed by atoms with Crippen molar-refractivity contribution in [2.45, 2.75) is 6.54 Å². The minimum Gasteiger partial charge on any atom is -0.495 e. The topological polar surface area (TPSA) is 62.2 Å². The van der Waals surface area contributed by atoms with E-state index >= 15 is 0 Å². The number of aryl methyl sites for hydroxylation is 1. The molecule has 0 saturated carbocycles. The first-order valence-electron chi connectivity index (χ1n) is 5.26. The predicted octanol–water partition coefficient (Wildman–Crippen LogP) is 0.826. The quantitative estimate of drug-likeness (QED) is 0.798. The third-order valence-electron chi connectivity index (χ3n) is 2.66. The number of nitrogen functional groups attached to an aromatic ring is 1. The van der Waals surface area contributed by atoms with Crippen LogP contribution in [-0.4, -0.2) is 16.2 Å². The van der Waals surface area contributed by atoms with Crippen LogP contribution in [0.25, 0.3) is 0 Å². The number of aromatic nitrogens is 2. The molecule has 0 saturated heterocycles. The van der Waals surface area contributed by atoms with Gasteiger partial charge in [0.05, 0.1) is 19.3 Å². The molecule has 0 atom stereocenters. The summed E-state index contributed by atoms with van der Waals surface area (Å²) in [5.74, 6) is 0.647. The molecule has 1 aromatic heterocycles. The summed E-state index contributed by atoms with van der Waals surface area (Å²) in [4.78, 5) is 11.7. The second-order valence-electron chi connectivity index (χ2n) is 3.90. The van der Waals surface area contributed by atoms with Crippen LogP contribution in [0.5, 0.6) is 5.75 Å². The highest BCUT2D eigenvalue weighted by molar-refractivity contribution is 5.54. The summed E-state index contributed by atoms with van der Waals surface area (Å²) in [6.07, 6.45) is 3.48. The molecular formula is C12H15N3O2. The van der Waals surface area contributed by atoms with Crippen molar-refractivity contribution in [3.8, 4) is 5.75 Å². The SMILES string of the molecule is COc1ccc(Cn2ccn(C)c2=O)cc1N. The van der Waals surface area contributed by atoms with Crippen LogP contribution in [0.2, 0.25) is 0 Å². The van der Waals surface area contributed by atoms with E-state index in [1.54, 1.807) is 37.2 Å². The van der Waals surface area contributed by atoms with Gasteiger partial charge in [0.1, 0.15) is 5.75 Å². The molecule has 0 aliphatic heterocycles. The Morgan fingerprint density at radius 2 is 2.12 bits per heavy atom. The van der Waals surface area contributed by atoms with Gasteiger partial charge in [-0.3, -0.25) is 4.57 Å². The number of methoxy groups -OCH3 is 1. The lowest BCUT2D eigenvalue weighted by atomic mass is 10.2. The molecule has 1 heterocycles. The fourth-order valence-electron chi connectivity index (χ4n) is 1.71. The minimum absolute atomic E-state index is 0.0422. The van der Waals surface area contributed by atoms with Gasteiger partial charge in [-0.25, -0.2) is 4.79 Å². The molecule has 2 aromatic rings. The van der Waals surface area contributed by atoms with Gasteiger partial charge in [-0.2, -0.15) is 0 Å². The van der Waals surface area contributed by atoms with E-state index in [4.69, 9.17) is 10.5 Å². The number of imidazole rings is 1. The molecule has 0 unspecified atom stereocenters. The summed E-state index contributed by atoms with van der Waals surface area (Å²) in [6, 6.07) is 5.52. The van der Waals surface area contributed by atoms with Crippen LogP contribution in [-0.2, 0) is 13.6 Å².